The molecule has 3 rings (SSSR count). The summed E-state index contributed by atoms with van der Waals surface area (Å²) in [4.78, 5) is 30.6. The van der Waals surface area contributed by atoms with Crippen LogP contribution in [0.1, 0.15) is 44.9 Å². The minimum Gasteiger partial charge on any atom is -0.353 e. The first-order valence-corrected chi connectivity index (χ1v) is 9.14. The highest BCUT2D eigenvalue weighted by Crippen LogP contribution is 2.20. The first kappa shape index (κ1) is 17.0. The van der Waals surface area contributed by atoms with Gasteiger partial charge in [0.2, 0.25) is 16.9 Å². The van der Waals surface area contributed by atoms with Gasteiger partial charge in [0.15, 0.2) is 0 Å². The Bertz CT molecular complexity index is 616. The summed E-state index contributed by atoms with van der Waals surface area (Å²) in [5.74, 6) is -0.467. The summed E-state index contributed by atoms with van der Waals surface area (Å²) in [7, 11) is 0. The third-order valence-corrected chi connectivity index (χ3v) is 5.08. The quantitative estimate of drug-likeness (QED) is 0.629. The first-order valence-electron chi connectivity index (χ1n) is 8.73. The summed E-state index contributed by atoms with van der Waals surface area (Å²) in [5.41, 5.74) is 0.687. The highest BCUT2D eigenvalue weighted by atomic mass is 32.1. The van der Waals surface area contributed by atoms with E-state index >= 15 is 0 Å². The Balaban J connectivity index is 1.54. The zero-order valence-corrected chi connectivity index (χ0v) is 14.6. The molecule has 5 nitrogen and oxygen atoms in total. The van der Waals surface area contributed by atoms with Gasteiger partial charge in [-0.15, -0.1) is 0 Å². The van der Waals surface area contributed by atoms with E-state index in [-0.39, 0.29) is 35.3 Å². The standard InChI is InChI=1S/C18H23N3O2S/c22-16(19-13-7-3-1-2-4-8-13)11-12-21-17(23)14-9-5-6-10-15(14)20-18(21)24/h5-6,9-10,13-14H,1-4,7-8,11-12H2,(H,19,22). The number of amides is 2. The van der Waals surface area contributed by atoms with Crippen molar-refractivity contribution in [3.05, 3.63) is 24.3 Å². The largest absolute Gasteiger partial charge is 0.353 e. The van der Waals surface area contributed by atoms with Crippen molar-refractivity contribution in [3.8, 4) is 0 Å². The molecule has 0 aromatic heterocycles. The van der Waals surface area contributed by atoms with Crippen LogP contribution in [-0.4, -0.2) is 40.1 Å². The summed E-state index contributed by atoms with van der Waals surface area (Å²) in [6.45, 7) is 0.293. The van der Waals surface area contributed by atoms with Crippen molar-refractivity contribution in [3.63, 3.8) is 0 Å². The maximum atomic E-state index is 12.6. The Kier molecular flexibility index (Phi) is 5.56. The molecule has 0 aromatic rings. The fraction of sp³-hybridized carbons (Fsp3) is 0.556. The van der Waals surface area contributed by atoms with Crippen LogP contribution < -0.4 is 5.32 Å². The fourth-order valence-corrected chi connectivity index (χ4v) is 3.71. The SMILES string of the molecule is O=C(CCN1C(=O)C2C=CC=CC2=NC1=S)NC1CCCCCC1. The van der Waals surface area contributed by atoms with Crippen LogP contribution in [0.4, 0.5) is 0 Å². The van der Waals surface area contributed by atoms with E-state index < -0.39 is 0 Å². The first-order chi connectivity index (χ1) is 11.6. The number of allylic oxidation sites excluding steroid dienone is 3. The molecule has 0 radical (unpaired) electrons. The molecule has 1 atom stereocenters. The summed E-state index contributed by atoms with van der Waals surface area (Å²) in [6, 6.07) is 0.278. The van der Waals surface area contributed by atoms with Crippen molar-refractivity contribution in [1.29, 1.82) is 0 Å². The lowest BCUT2D eigenvalue weighted by atomic mass is 9.95. The van der Waals surface area contributed by atoms with Gasteiger partial charge in [0, 0.05) is 19.0 Å². The molecule has 6 heteroatoms. The Morgan fingerprint density at radius 3 is 2.75 bits per heavy atom. The van der Waals surface area contributed by atoms with Gasteiger partial charge >= 0.3 is 0 Å². The predicted molar refractivity (Wildman–Crippen MR) is 97.8 cm³/mol. The lowest BCUT2D eigenvalue weighted by Gasteiger charge is -2.30. The molecule has 0 saturated heterocycles. The number of aliphatic imine (C=N–C) groups is 1. The molecule has 1 N–H and O–H groups in total. The summed E-state index contributed by atoms with van der Waals surface area (Å²) in [5, 5.41) is 3.36. The third kappa shape index (κ3) is 3.98. The van der Waals surface area contributed by atoms with Crippen molar-refractivity contribution in [2.75, 3.05) is 6.54 Å². The molecule has 1 unspecified atom stereocenters. The number of hydrogen-bond acceptors (Lipinski definition) is 3. The zero-order valence-electron chi connectivity index (χ0n) is 13.7. The molecule has 1 saturated carbocycles. The van der Waals surface area contributed by atoms with Crippen LogP contribution in [0.25, 0.3) is 0 Å². The van der Waals surface area contributed by atoms with Crippen molar-refractivity contribution in [2.24, 2.45) is 10.9 Å². The van der Waals surface area contributed by atoms with Gasteiger partial charge in [-0.25, -0.2) is 4.99 Å². The molecule has 24 heavy (non-hydrogen) atoms. The molecular weight excluding hydrogens is 322 g/mol. The van der Waals surface area contributed by atoms with Gasteiger partial charge in [-0.2, -0.15) is 0 Å². The monoisotopic (exact) mass is 345 g/mol. The van der Waals surface area contributed by atoms with E-state index in [4.69, 9.17) is 12.2 Å². The Labute approximate surface area is 147 Å². The van der Waals surface area contributed by atoms with Gasteiger partial charge < -0.3 is 5.32 Å². The minimum atomic E-state index is -0.369. The molecule has 2 aliphatic carbocycles. The molecule has 0 bridgehead atoms. The highest BCUT2D eigenvalue weighted by molar-refractivity contribution is 7.80. The van der Waals surface area contributed by atoms with E-state index in [1.807, 2.05) is 24.3 Å². The highest BCUT2D eigenvalue weighted by Gasteiger charge is 2.33. The average molecular weight is 345 g/mol. The van der Waals surface area contributed by atoms with Crippen LogP contribution in [-0.2, 0) is 9.59 Å². The molecule has 1 fully saturated rings. The minimum absolute atomic E-state index is 0.00800. The van der Waals surface area contributed by atoms with Crippen LogP contribution >= 0.6 is 12.2 Å². The molecule has 1 heterocycles. The maximum Gasteiger partial charge on any atom is 0.241 e. The van der Waals surface area contributed by atoms with E-state index in [1.54, 1.807) is 0 Å². The zero-order chi connectivity index (χ0) is 16.9. The number of thiocarbonyl (C=S) groups is 1. The summed E-state index contributed by atoms with van der Waals surface area (Å²) in [6.07, 6.45) is 14.6. The van der Waals surface area contributed by atoms with Gasteiger partial charge in [0.25, 0.3) is 0 Å². The smallest absolute Gasteiger partial charge is 0.241 e. The molecule has 2 amide bonds. The molecule has 128 valence electrons. The molecule has 0 aromatic carbocycles. The third-order valence-electron chi connectivity index (χ3n) is 4.77. The second-order valence-electron chi connectivity index (χ2n) is 6.54. The van der Waals surface area contributed by atoms with Crippen LogP contribution in [0.3, 0.4) is 0 Å². The molecule has 0 spiro atoms. The molecule has 3 aliphatic rings. The lowest BCUT2D eigenvalue weighted by Crippen LogP contribution is -2.47. The summed E-state index contributed by atoms with van der Waals surface area (Å²) >= 11 is 5.23. The maximum absolute atomic E-state index is 12.6. The molecular formula is C18H23N3O2S. The van der Waals surface area contributed by atoms with E-state index in [0.29, 0.717) is 12.3 Å². The van der Waals surface area contributed by atoms with Crippen LogP contribution in [0.5, 0.6) is 0 Å². The van der Waals surface area contributed by atoms with E-state index in [2.05, 4.69) is 10.3 Å². The van der Waals surface area contributed by atoms with Gasteiger partial charge in [-0.1, -0.05) is 43.9 Å². The predicted octanol–water partition coefficient (Wildman–Crippen LogP) is 2.53. The number of nitrogens with zero attached hydrogens (tertiary/aromatic N) is 2. The second kappa shape index (κ2) is 7.83. The molecule has 1 aliphatic heterocycles. The van der Waals surface area contributed by atoms with E-state index in [1.165, 1.54) is 30.6 Å². The summed E-state index contributed by atoms with van der Waals surface area (Å²) < 4.78 is 0. The normalized spacial score (nSPS) is 24.4. The number of rotatable bonds is 4. The van der Waals surface area contributed by atoms with Crippen molar-refractivity contribution >= 4 is 34.9 Å². The van der Waals surface area contributed by atoms with Crippen LogP contribution in [0.15, 0.2) is 29.3 Å². The topological polar surface area (TPSA) is 61.8 Å². The number of fused-ring (bicyclic) bond motifs is 1. The van der Waals surface area contributed by atoms with Gasteiger partial charge in [-0.05, 0) is 31.1 Å². The number of nitrogens with one attached hydrogen (secondary N) is 1. The van der Waals surface area contributed by atoms with Crippen molar-refractivity contribution in [1.82, 2.24) is 10.2 Å². The Morgan fingerprint density at radius 2 is 2.00 bits per heavy atom. The van der Waals surface area contributed by atoms with Gasteiger partial charge in [0.1, 0.15) is 0 Å². The van der Waals surface area contributed by atoms with Crippen molar-refractivity contribution in [2.45, 2.75) is 51.0 Å². The van der Waals surface area contributed by atoms with E-state index in [9.17, 15) is 9.59 Å². The second-order valence-corrected chi connectivity index (χ2v) is 6.90. The number of carbonyl (C=O) groups excluding carboxylic acids is 2. The Hall–Kier alpha value is -1.82. The number of carbonyl (C=O) groups is 2. The van der Waals surface area contributed by atoms with Crippen LogP contribution in [0.2, 0.25) is 0 Å². The van der Waals surface area contributed by atoms with E-state index in [0.717, 1.165) is 12.8 Å². The number of hydrogen-bond donors (Lipinski definition) is 1. The van der Waals surface area contributed by atoms with Gasteiger partial charge in [-0.3, -0.25) is 14.5 Å². The fourth-order valence-electron chi connectivity index (χ4n) is 3.42. The van der Waals surface area contributed by atoms with Gasteiger partial charge in [0.05, 0.1) is 11.6 Å². The average Bonchev–Trinajstić information content (AvgIpc) is 2.83. The van der Waals surface area contributed by atoms with Crippen LogP contribution in [0, 0.1) is 5.92 Å². The Morgan fingerprint density at radius 1 is 1.25 bits per heavy atom. The van der Waals surface area contributed by atoms with Crippen molar-refractivity contribution < 1.29 is 9.59 Å². The lowest BCUT2D eigenvalue weighted by molar-refractivity contribution is -0.129.